The van der Waals surface area contributed by atoms with E-state index >= 15 is 0 Å². The lowest BCUT2D eigenvalue weighted by Crippen LogP contribution is -2.64. The Morgan fingerprint density at radius 3 is 2.55 bits per heavy atom. The number of hydrogen-bond donors (Lipinski definition) is 2. The molecule has 2 heteroatoms. The third-order valence-corrected chi connectivity index (χ3v) is 8.26. The molecule has 2 N–H and O–H groups in total. The highest BCUT2D eigenvalue weighted by atomic mass is 16.3. The average Bonchev–Trinajstić information content (AvgIpc) is 2.54. The molecule has 0 radical (unpaired) electrons. The van der Waals surface area contributed by atoms with Crippen LogP contribution in [0.15, 0.2) is 11.6 Å². The standard InChI is InChI=1S/C20H32O2/c1-12-10-20-11-14(21)16-18(2,3)8-5-9-19(16,4)15(20)7-6-13(12)17(20)22/h10,13-17,21-22H,5-9,11H2,1-4H3/t13-,14+,15+,16-,17+,19+,20+/m1/s1. The maximum Gasteiger partial charge on any atom is 0.0699 e. The van der Waals surface area contributed by atoms with Gasteiger partial charge in [0.15, 0.2) is 0 Å². The second-order valence-corrected chi connectivity index (χ2v) is 9.78. The summed E-state index contributed by atoms with van der Waals surface area (Å²) in [6.07, 6.45) is 8.69. The van der Waals surface area contributed by atoms with Crippen molar-refractivity contribution < 1.29 is 10.2 Å². The Balaban J connectivity index is 1.84. The fourth-order valence-corrected chi connectivity index (χ4v) is 7.77. The second-order valence-electron chi connectivity index (χ2n) is 9.78. The molecule has 4 aliphatic rings. The molecule has 2 bridgehead atoms. The molecule has 22 heavy (non-hydrogen) atoms. The van der Waals surface area contributed by atoms with Gasteiger partial charge in [-0.25, -0.2) is 0 Å². The minimum atomic E-state index is -0.271. The molecule has 1 spiro atoms. The van der Waals surface area contributed by atoms with E-state index in [2.05, 4.69) is 33.8 Å². The lowest BCUT2D eigenvalue weighted by molar-refractivity contribution is -0.214. The van der Waals surface area contributed by atoms with Gasteiger partial charge >= 0.3 is 0 Å². The van der Waals surface area contributed by atoms with Crippen LogP contribution < -0.4 is 0 Å². The highest BCUT2D eigenvalue weighted by Gasteiger charge is 2.67. The Labute approximate surface area is 135 Å². The molecular formula is C20H32O2. The summed E-state index contributed by atoms with van der Waals surface area (Å²) in [4.78, 5) is 0. The first-order chi connectivity index (χ1) is 10.2. The molecule has 3 saturated carbocycles. The Hall–Kier alpha value is -0.340. The Morgan fingerprint density at radius 2 is 1.82 bits per heavy atom. The van der Waals surface area contributed by atoms with Gasteiger partial charge in [-0.15, -0.1) is 0 Å². The van der Waals surface area contributed by atoms with E-state index in [-0.39, 0.29) is 28.5 Å². The minimum absolute atomic E-state index is 0.148. The molecule has 0 heterocycles. The van der Waals surface area contributed by atoms with Gasteiger partial charge < -0.3 is 10.2 Å². The van der Waals surface area contributed by atoms with E-state index in [1.807, 2.05) is 0 Å². The first-order valence-electron chi connectivity index (χ1n) is 9.28. The van der Waals surface area contributed by atoms with E-state index in [1.54, 1.807) is 0 Å². The summed E-state index contributed by atoms with van der Waals surface area (Å²) in [7, 11) is 0. The van der Waals surface area contributed by atoms with Gasteiger partial charge in [0.25, 0.3) is 0 Å². The van der Waals surface area contributed by atoms with Crippen LogP contribution in [0.5, 0.6) is 0 Å². The SMILES string of the molecule is CC1=C[C@]23C[C@H](O)[C@@H]4C(C)(C)CCC[C@@]4(C)[C@@H]2CC[C@H]1[C@@H]3O. The average molecular weight is 304 g/mol. The Morgan fingerprint density at radius 1 is 1.09 bits per heavy atom. The third kappa shape index (κ3) is 1.64. The molecule has 0 amide bonds. The van der Waals surface area contributed by atoms with Crippen LogP contribution in [0.25, 0.3) is 0 Å². The van der Waals surface area contributed by atoms with Crippen molar-refractivity contribution in [2.24, 2.45) is 34.0 Å². The van der Waals surface area contributed by atoms with Gasteiger partial charge in [-0.1, -0.05) is 38.8 Å². The van der Waals surface area contributed by atoms with Crippen LogP contribution in [-0.2, 0) is 0 Å². The number of aliphatic hydroxyl groups excluding tert-OH is 2. The van der Waals surface area contributed by atoms with Gasteiger partial charge in [-0.3, -0.25) is 0 Å². The zero-order chi connectivity index (χ0) is 15.9. The topological polar surface area (TPSA) is 40.5 Å². The molecule has 3 fully saturated rings. The normalized spacial score (nSPS) is 56.1. The molecule has 0 saturated heterocycles. The second kappa shape index (κ2) is 4.39. The number of aliphatic hydroxyl groups is 2. The van der Waals surface area contributed by atoms with Crippen LogP contribution in [0.3, 0.4) is 0 Å². The van der Waals surface area contributed by atoms with Crippen molar-refractivity contribution in [1.82, 2.24) is 0 Å². The van der Waals surface area contributed by atoms with Gasteiger partial charge in [-0.2, -0.15) is 0 Å². The molecule has 4 aliphatic carbocycles. The predicted molar refractivity (Wildman–Crippen MR) is 88.3 cm³/mol. The molecule has 2 nitrogen and oxygen atoms in total. The fraction of sp³-hybridized carbons (Fsp3) is 0.900. The van der Waals surface area contributed by atoms with Crippen molar-refractivity contribution in [2.75, 3.05) is 0 Å². The van der Waals surface area contributed by atoms with E-state index in [0.717, 1.165) is 12.8 Å². The quantitative estimate of drug-likeness (QED) is 0.666. The first kappa shape index (κ1) is 15.2. The van der Waals surface area contributed by atoms with Crippen molar-refractivity contribution in [1.29, 1.82) is 0 Å². The summed E-state index contributed by atoms with van der Waals surface area (Å²) in [6, 6.07) is 0. The van der Waals surface area contributed by atoms with Crippen molar-refractivity contribution in [2.45, 2.75) is 78.4 Å². The van der Waals surface area contributed by atoms with E-state index < -0.39 is 0 Å². The van der Waals surface area contributed by atoms with Gasteiger partial charge in [-0.05, 0) is 61.7 Å². The zero-order valence-corrected chi connectivity index (χ0v) is 14.6. The molecule has 0 aromatic heterocycles. The number of hydrogen-bond acceptors (Lipinski definition) is 2. The smallest absolute Gasteiger partial charge is 0.0699 e. The summed E-state index contributed by atoms with van der Waals surface area (Å²) in [6.45, 7) is 9.33. The molecule has 0 unspecified atom stereocenters. The van der Waals surface area contributed by atoms with E-state index in [0.29, 0.717) is 17.8 Å². The molecule has 0 aliphatic heterocycles. The van der Waals surface area contributed by atoms with E-state index in [1.165, 1.54) is 31.3 Å². The summed E-state index contributed by atoms with van der Waals surface area (Å²) in [5.74, 6) is 1.26. The van der Waals surface area contributed by atoms with Crippen molar-refractivity contribution in [3.8, 4) is 0 Å². The van der Waals surface area contributed by atoms with Gasteiger partial charge in [0, 0.05) is 11.3 Å². The number of fused-ring (bicyclic) bond motifs is 3. The fourth-order valence-electron chi connectivity index (χ4n) is 7.77. The van der Waals surface area contributed by atoms with Crippen molar-refractivity contribution >= 4 is 0 Å². The van der Waals surface area contributed by atoms with E-state index in [4.69, 9.17) is 0 Å². The molecule has 4 rings (SSSR count). The lowest BCUT2D eigenvalue weighted by Gasteiger charge is -2.66. The molecule has 7 atom stereocenters. The molecular weight excluding hydrogens is 272 g/mol. The van der Waals surface area contributed by atoms with Crippen LogP contribution in [0.1, 0.15) is 66.2 Å². The van der Waals surface area contributed by atoms with Crippen LogP contribution in [0.2, 0.25) is 0 Å². The van der Waals surface area contributed by atoms with Gasteiger partial charge in [0.1, 0.15) is 0 Å². The maximum absolute atomic E-state index is 11.1. The van der Waals surface area contributed by atoms with Crippen molar-refractivity contribution in [3.05, 3.63) is 11.6 Å². The summed E-state index contributed by atoms with van der Waals surface area (Å²) in [5, 5.41) is 22.2. The van der Waals surface area contributed by atoms with Crippen LogP contribution in [0.4, 0.5) is 0 Å². The largest absolute Gasteiger partial charge is 0.393 e. The Bertz CT molecular complexity index is 522. The highest BCUT2D eigenvalue weighted by Crippen LogP contribution is 2.70. The third-order valence-electron chi connectivity index (χ3n) is 8.26. The first-order valence-corrected chi connectivity index (χ1v) is 9.28. The van der Waals surface area contributed by atoms with E-state index in [9.17, 15) is 10.2 Å². The summed E-state index contributed by atoms with van der Waals surface area (Å²) < 4.78 is 0. The predicted octanol–water partition coefficient (Wildman–Crippen LogP) is 3.92. The zero-order valence-electron chi connectivity index (χ0n) is 14.6. The molecule has 0 aromatic rings. The Kier molecular flexibility index (Phi) is 3.03. The van der Waals surface area contributed by atoms with Crippen molar-refractivity contribution in [3.63, 3.8) is 0 Å². The van der Waals surface area contributed by atoms with Gasteiger partial charge in [0.2, 0.25) is 0 Å². The molecule has 124 valence electrons. The summed E-state index contributed by atoms with van der Waals surface area (Å²) >= 11 is 0. The highest BCUT2D eigenvalue weighted by molar-refractivity contribution is 5.31. The van der Waals surface area contributed by atoms with Crippen LogP contribution in [-0.4, -0.2) is 22.4 Å². The van der Waals surface area contributed by atoms with Gasteiger partial charge in [0.05, 0.1) is 12.2 Å². The lowest BCUT2D eigenvalue weighted by atomic mass is 9.40. The maximum atomic E-state index is 11.1. The number of rotatable bonds is 0. The molecule has 0 aromatic carbocycles. The van der Waals surface area contributed by atoms with Crippen LogP contribution in [0, 0.1) is 34.0 Å². The minimum Gasteiger partial charge on any atom is -0.393 e. The monoisotopic (exact) mass is 304 g/mol. The van der Waals surface area contributed by atoms with Crippen LogP contribution >= 0.6 is 0 Å². The summed E-state index contributed by atoms with van der Waals surface area (Å²) in [5.41, 5.74) is 1.62.